The molecular formula is C16H19F3N4OS. The van der Waals surface area contributed by atoms with Crippen molar-refractivity contribution in [3.63, 3.8) is 0 Å². The van der Waals surface area contributed by atoms with Crippen LogP contribution in [0.3, 0.4) is 0 Å². The number of halogens is 3. The summed E-state index contributed by atoms with van der Waals surface area (Å²) < 4.78 is 39.6. The molecule has 1 aromatic carbocycles. The predicted octanol–water partition coefficient (Wildman–Crippen LogP) is 3.85. The maximum absolute atomic E-state index is 12.6. The van der Waals surface area contributed by atoms with Gasteiger partial charge in [0, 0.05) is 6.04 Å². The number of carbonyl (C=O) groups excluding carboxylic acids is 1. The first-order chi connectivity index (χ1) is 11.7. The highest BCUT2D eigenvalue weighted by molar-refractivity contribution is 7.99. The fraction of sp³-hybridized carbons (Fsp3) is 0.438. The molecule has 0 saturated carbocycles. The molecule has 0 spiro atoms. The van der Waals surface area contributed by atoms with Gasteiger partial charge in [0.1, 0.15) is 6.33 Å². The topological polar surface area (TPSA) is 59.8 Å². The molecule has 0 radical (unpaired) electrons. The van der Waals surface area contributed by atoms with Crippen molar-refractivity contribution in [1.82, 2.24) is 20.1 Å². The maximum atomic E-state index is 12.6. The van der Waals surface area contributed by atoms with Crippen LogP contribution in [0.2, 0.25) is 0 Å². The molecule has 0 fully saturated rings. The van der Waals surface area contributed by atoms with E-state index >= 15 is 0 Å². The highest BCUT2D eigenvalue weighted by atomic mass is 32.2. The van der Waals surface area contributed by atoms with E-state index in [0.717, 1.165) is 12.1 Å². The van der Waals surface area contributed by atoms with E-state index < -0.39 is 17.8 Å². The van der Waals surface area contributed by atoms with E-state index in [0.29, 0.717) is 10.7 Å². The number of aromatic nitrogens is 3. The molecule has 1 heterocycles. The van der Waals surface area contributed by atoms with Crippen LogP contribution < -0.4 is 5.32 Å². The summed E-state index contributed by atoms with van der Waals surface area (Å²) in [6.45, 7) is 5.70. The molecule has 0 aliphatic heterocycles. The van der Waals surface area contributed by atoms with Gasteiger partial charge in [0.05, 0.1) is 17.4 Å². The molecule has 25 heavy (non-hydrogen) atoms. The molecule has 0 aliphatic rings. The van der Waals surface area contributed by atoms with Gasteiger partial charge in [0.25, 0.3) is 0 Å². The number of nitrogens with zero attached hydrogens (tertiary/aromatic N) is 3. The number of alkyl halides is 3. The van der Waals surface area contributed by atoms with Gasteiger partial charge in [-0.3, -0.25) is 4.79 Å². The van der Waals surface area contributed by atoms with Gasteiger partial charge in [-0.25, -0.2) is 0 Å². The van der Waals surface area contributed by atoms with Crippen molar-refractivity contribution in [3.8, 4) is 0 Å². The lowest BCUT2D eigenvalue weighted by molar-refractivity contribution is -0.137. The average Bonchev–Trinajstić information content (AvgIpc) is 3.01. The molecule has 1 N–H and O–H groups in total. The van der Waals surface area contributed by atoms with E-state index in [1.807, 2.05) is 18.4 Å². The highest BCUT2D eigenvalue weighted by Gasteiger charge is 2.30. The Hall–Kier alpha value is -2.03. The lowest BCUT2D eigenvalue weighted by Crippen LogP contribution is -2.28. The van der Waals surface area contributed by atoms with Crippen LogP contribution in [-0.2, 0) is 11.0 Å². The summed E-state index contributed by atoms with van der Waals surface area (Å²) in [4.78, 5) is 12.1. The Kier molecular flexibility index (Phi) is 6.10. The van der Waals surface area contributed by atoms with E-state index in [1.165, 1.54) is 23.9 Å². The summed E-state index contributed by atoms with van der Waals surface area (Å²) in [7, 11) is 0. The molecule has 2 rings (SSSR count). The molecule has 5 nitrogen and oxygen atoms in total. The van der Waals surface area contributed by atoms with Crippen molar-refractivity contribution in [2.24, 2.45) is 0 Å². The van der Waals surface area contributed by atoms with E-state index in [1.54, 1.807) is 13.3 Å². The van der Waals surface area contributed by atoms with Crippen LogP contribution in [0.25, 0.3) is 0 Å². The van der Waals surface area contributed by atoms with Crippen LogP contribution in [-0.4, -0.2) is 26.4 Å². The van der Waals surface area contributed by atoms with E-state index in [2.05, 4.69) is 15.5 Å². The van der Waals surface area contributed by atoms with Gasteiger partial charge >= 0.3 is 6.18 Å². The fourth-order valence-electron chi connectivity index (χ4n) is 2.15. The SMILES string of the molecule is CC(NC(=O)CSc1nncn1C(C)C)c1ccc(C(F)(F)F)cc1. The molecular weight excluding hydrogens is 353 g/mol. The Labute approximate surface area is 148 Å². The van der Waals surface area contributed by atoms with Crippen LogP contribution in [0, 0.1) is 0 Å². The van der Waals surface area contributed by atoms with Crippen molar-refractivity contribution in [1.29, 1.82) is 0 Å². The molecule has 1 unspecified atom stereocenters. The average molecular weight is 372 g/mol. The highest BCUT2D eigenvalue weighted by Crippen LogP contribution is 2.30. The van der Waals surface area contributed by atoms with Gasteiger partial charge in [-0.05, 0) is 38.5 Å². The van der Waals surface area contributed by atoms with Crippen molar-refractivity contribution in [2.45, 2.75) is 44.2 Å². The van der Waals surface area contributed by atoms with E-state index in [9.17, 15) is 18.0 Å². The largest absolute Gasteiger partial charge is 0.416 e. The van der Waals surface area contributed by atoms with Crippen LogP contribution >= 0.6 is 11.8 Å². The number of nitrogens with one attached hydrogen (secondary N) is 1. The zero-order valence-corrected chi connectivity index (χ0v) is 14.9. The van der Waals surface area contributed by atoms with Crippen molar-refractivity contribution >= 4 is 17.7 Å². The maximum Gasteiger partial charge on any atom is 0.416 e. The monoisotopic (exact) mass is 372 g/mol. The summed E-state index contributed by atoms with van der Waals surface area (Å²) in [5, 5.41) is 11.2. The number of hydrogen-bond acceptors (Lipinski definition) is 4. The first-order valence-corrected chi connectivity index (χ1v) is 8.66. The van der Waals surface area contributed by atoms with Gasteiger partial charge in [-0.1, -0.05) is 23.9 Å². The molecule has 136 valence electrons. The van der Waals surface area contributed by atoms with Crippen LogP contribution in [0.1, 0.15) is 44.0 Å². The van der Waals surface area contributed by atoms with Crippen LogP contribution in [0.5, 0.6) is 0 Å². The van der Waals surface area contributed by atoms with E-state index in [4.69, 9.17) is 0 Å². The summed E-state index contributed by atoms with van der Waals surface area (Å²) in [6.07, 6.45) is -2.76. The molecule has 0 bridgehead atoms. The summed E-state index contributed by atoms with van der Waals surface area (Å²) >= 11 is 1.26. The lowest BCUT2D eigenvalue weighted by atomic mass is 10.1. The molecule has 0 aliphatic carbocycles. The van der Waals surface area contributed by atoms with Crippen molar-refractivity contribution in [3.05, 3.63) is 41.7 Å². The van der Waals surface area contributed by atoms with Crippen molar-refractivity contribution in [2.75, 3.05) is 5.75 Å². The number of carbonyl (C=O) groups is 1. The quantitative estimate of drug-likeness (QED) is 0.783. The standard InChI is InChI=1S/C16H19F3N4OS/c1-10(2)23-9-20-22-15(23)25-8-14(24)21-11(3)12-4-6-13(7-5-12)16(17,18)19/h4-7,9-11H,8H2,1-3H3,(H,21,24). The molecule has 2 aromatic rings. The first kappa shape index (κ1) is 19.3. The normalized spacial score (nSPS) is 13.1. The summed E-state index contributed by atoms with van der Waals surface area (Å²) in [5.74, 6) is -0.0770. The second-order valence-corrected chi connectivity index (χ2v) is 6.75. The smallest absolute Gasteiger partial charge is 0.349 e. The minimum Gasteiger partial charge on any atom is -0.349 e. The summed E-state index contributed by atoms with van der Waals surface area (Å²) in [6, 6.07) is 4.56. The third kappa shape index (κ3) is 5.22. The van der Waals surface area contributed by atoms with E-state index in [-0.39, 0.29) is 17.7 Å². The number of benzene rings is 1. The Morgan fingerprint density at radius 2 is 1.88 bits per heavy atom. The number of thioether (sulfide) groups is 1. The molecule has 1 amide bonds. The fourth-order valence-corrected chi connectivity index (χ4v) is 3.00. The first-order valence-electron chi connectivity index (χ1n) is 7.67. The van der Waals surface area contributed by atoms with Gasteiger partial charge in [0.2, 0.25) is 5.91 Å². The number of rotatable bonds is 6. The second kappa shape index (κ2) is 7.90. The predicted molar refractivity (Wildman–Crippen MR) is 89.1 cm³/mol. The van der Waals surface area contributed by atoms with Gasteiger partial charge in [-0.15, -0.1) is 10.2 Å². The molecule has 0 saturated heterocycles. The van der Waals surface area contributed by atoms with Crippen molar-refractivity contribution < 1.29 is 18.0 Å². The molecule has 9 heteroatoms. The Bertz CT molecular complexity index is 713. The minimum absolute atomic E-state index is 0.149. The Balaban J connectivity index is 1.90. The second-order valence-electron chi connectivity index (χ2n) is 5.81. The zero-order chi connectivity index (χ0) is 18.6. The molecule has 1 atom stereocenters. The van der Waals surface area contributed by atoms with Crippen LogP contribution in [0.15, 0.2) is 35.7 Å². The number of amides is 1. The molecule has 1 aromatic heterocycles. The third-order valence-corrected chi connectivity index (χ3v) is 4.50. The van der Waals surface area contributed by atoms with Gasteiger partial charge < -0.3 is 9.88 Å². The number of hydrogen-bond donors (Lipinski definition) is 1. The Morgan fingerprint density at radius 3 is 2.44 bits per heavy atom. The van der Waals surface area contributed by atoms with Gasteiger partial charge in [-0.2, -0.15) is 13.2 Å². The zero-order valence-electron chi connectivity index (χ0n) is 14.0. The third-order valence-electron chi connectivity index (χ3n) is 3.54. The Morgan fingerprint density at radius 1 is 1.24 bits per heavy atom. The summed E-state index contributed by atoms with van der Waals surface area (Å²) in [5.41, 5.74) is -0.102. The lowest BCUT2D eigenvalue weighted by Gasteiger charge is -2.15. The van der Waals surface area contributed by atoms with Gasteiger partial charge in [0.15, 0.2) is 5.16 Å². The van der Waals surface area contributed by atoms with Crippen LogP contribution in [0.4, 0.5) is 13.2 Å². The minimum atomic E-state index is -4.37.